The molecule has 1 fully saturated rings. The average molecular weight is 413 g/mol. The van der Waals surface area contributed by atoms with Crippen molar-refractivity contribution in [3.05, 3.63) is 71.0 Å². The second-order valence-electron chi connectivity index (χ2n) is 7.80. The third-order valence-electron chi connectivity index (χ3n) is 5.55. The maximum Gasteiger partial charge on any atom is 0.215 e. The largest absolute Gasteiger partial charge is 0.322 e. The number of nitrogens with one attached hydrogen (secondary N) is 1. The molecule has 2 heterocycles. The first-order valence-electron chi connectivity index (χ1n) is 9.91. The molecule has 1 N–H and O–H groups in total. The Bertz CT molecular complexity index is 1070. The minimum atomic E-state index is -3.56. The van der Waals surface area contributed by atoms with Crippen LogP contribution in [0.3, 0.4) is 0 Å². The quantitative estimate of drug-likeness (QED) is 0.663. The van der Waals surface area contributed by atoms with E-state index in [1.54, 1.807) is 24.3 Å². The summed E-state index contributed by atoms with van der Waals surface area (Å²) in [6.45, 7) is 6.03. The zero-order valence-electron chi connectivity index (χ0n) is 16.7. The molecule has 3 aromatic rings. The van der Waals surface area contributed by atoms with Gasteiger partial charge in [-0.1, -0.05) is 47.5 Å². The van der Waals surface area contributed by atoms with Crippen molar-refractivity contribution in [1.82, 2.24) is 20.2 Å². The first-order valence-corrected chi connectivity index (χ1v) is 11.6. The number of likely N-dealkylation sites (tertiary alicyclic amines) is 1. The maximum atomic E-state index is 13.0. The molecule has 29 heavy (non-hydrogen) atoms. The Hall–Kier alpha value is -2.58. The van der Waals surface area contributed by atoms with Gasteiger partial charge in [0.25, 0.3) is 0 Å². The number of aromatic nitrogens is 4. The van der Waals surface area contributed by atoms with Gasteiger partial charge in [0.1, 0.15) is 0 Å². The molecule has 0 aliphatic carbocycles. The number of tetrazole rings is 1. The minimum absolute atomic E-state index is 0.0821. The minimum Gasteiger partial charge on any atom is -0.322 e. The maximum absolute atomic E-state index is 13.0. The number of hydrogen-bond acceptors (Lipinski definition) is 5. The third-order valence-corrected chi connectivity index (χ3v) is 7.13. The number of sulfone groups is 1. The van der Waals surface area contributed by atoms with Gasteiger partial charge in [0.05, 0.1) is 18.0 Å². The predicted molar refractivity (Wildman–Crippen MR) is 109 cm³/mol. The Kier molecular flexibility index (Phi) is 5.47. The second kappa shape index (κ2) is 8.04. The molecule has 1 aliphatic rings. The van der Waals surface area contributed by atoms with E-state index in [9.17, 15) is 8.42 Å². The van der Waals surface area contributed by atoms with Gasteiger partial charge < -0.3 is 4.90 Å². The predicted octanol–water partition coefficient (Wildman–Crippen LogP) is 1.49. The van der Waals surface area contributed by atoms with Crippen molar-refractivity contribution in [2.24, 2.45) is 0 Å². The summed E-state index contributed by atoms with van der Waals surface area (Å²) in [6, 6.07) is 15.1. The van der Waals surface area contributed by atoms with Crippen molar-refractivity contribution < 1.29 is 13.3 Å². The monoisotopic (exact) mass is 412 g/mol. The zero-order chi connectivity index (χ0) is 20.4. The van der Waals surface area contributed by atoms with Crippen molar-refractivity contribution in [2.45, 2.75) is 43.5 Å². The van der Waals surface area contributed by atoms with Gasteiger partial charge in [0.2, 0.25) is 5.82 Å². The van der Waals surface area contributed by atoms with E-state index >= 15 is 0 Å². The van der Waals surface area contributed by atoms with Gasteiger partial charge in [-0.15, -0.1) is 5.10 Å². The van der Waals surface area contributed by atoms with Crippen LogP contribution in [0.1, 0.15) is 41.4 Å². The van der Waals surface area contributed by atoms with Gasteiger partial charge in [0.15, 0.2) is 21.8 Å². The van der Waals surface area contributed by atoms with Crippen LogP contribution in [0.2, 0.25) is 0 Å². The average Bonchev–Trinajstić information content (AvgIpc) is 3.37. The highest BCUT2D eigenvalue weighted by Crippen LogP contribution is 2.21. The molecule has 7 nitrogen and oxygen atoms in total. The fourth-order valence-corrected chi connectivity index (χ4v) is 5.14. The number of benzene rings is 2. The van der Waals surface area contributed by atoms with E-state index in [0.29, 0.717) is 5.82 Å². The van der Waals surface area contributed by atoms with Crippen molar-refractivity contribution in [3.63, 3.8) is 0 Å². The number of nitrogens with zero attached hydrogens (tertiary/aromatic N) is 4. The molecule has 2 aromatic carbocycles. The fraction of sp³-hybridized carbons (Fsp3) is 0.381. The Balaban J connectivity index is 1.70. The van der Waals surface area contributed by atoms with E-state index in [-0.39, 0.29) is 16.8 Å². The molecule has 0 spiro atoms. The summed E-state index contributed by atoms with van der Waals surface area (Å²) in [5.41, 5.74) is 3.31. The molecule has 0 bridgehead atoms. The molecule has 0 saturated carbocycles. The Morgan fingerprint density at radius 2 is 1.55 bits per heavy atom. The highest BCUT2D eigenvalue weighted by molar-refractivity contribution is 7.90. The van der Waals surface area contributed by atoms with Crippen molar-refractivity contribution in [1.29, 1.82) is 0 Å². The fourth-order valence-electron chi connectivity index (χ4n) is 3.94. The molecule has 0 unspecified atom stereocenters. The van der Waals surface area contributed by atoms with Gasteiger partial charge in [0, 0.05) is 18.4 Å². The SMILES string of the molecule is Cc1ccc([C@@H](c2nnnn2CS(=O)(=O)c2ccc(C)cc2)[NH+]2CCCC2)cc1. The van der Waals surface area contributed by atoms with Crippen LogP contribution in [-0.2, 0) is 15.7 Å². The number of aryl methyl sites for hydroxylation is 2. The van der Waals surface area contributed by atoms with Gasteiger partial charge in [-0.25, -0.2) is 13.1 Å². The van der Waals surface area contributed by atoms with E-state index in [0.717, 1.165) is 37.1 Å². The van der Waals surface area contributed by atoms with Crippen LogP contribution in [0.5, 0.6) is 0 Å². The molecular formula is C21H26N5O2S+. The molecule has 1 atom stereocenters. The molecule has 8 heteroatoms. The summed E-state index contributed by atoms with van der Waals surface area (Å²) in [4.78, 5) is 1.66. The van der Waals surface area contributed by atoms with Crippen LogP contribution in [0, 0.1) is 13.8 Å². The molecule has 152 valence electrons. The highest BCUT2D eigenvalue weighted by Gasteiger charge is 2.34. The number of rotatable bonds is 6. The lowest BCUT2D eigenvalue weighted by atomic mass is 10.0. The van der Waals surface area contributed by atoms with E-state index < -0.39 is 9.84 Å². The van der Waals surface area contributed by atoms with Crippen molar-refractivity contribution in [3.8, 4) is 0 Å². The lowest BCUT2D eigenvalue weighted by molar-refractivity contribution is -0.914. The summed E-state index contributed by atoms with van der Waals surface area (Å²) < 4.78 is 27.4. The molecule has 0 radical (unpaired) electrons. The van der Waals surface area contributed by atoms with Gasteiger partial charge in [-0.3, -0.25) is 0 Å². The van der Waals surface area contributed by atoms with E-state index in [2.05, 4.69) is 46.7 Å². The summed E-state index contributed by atoms with van der Waals surface area (Å²) >= 11 is 0. The van der Waals surface area contributed by atoms with Crippen LogP contribution in [0.25, 0.3) is 0 Å². The molecule has 1 aromatic heterocycles. The van der Waals surface area contributed by atoms with Crippen LogP contribution < -0.4 is 4.90 Å². The number of quaternary nitrogens is 1. The standard InChI is InChI=1S/C21H25N5O2S/c1-16-5-9-18(10-6-16)20(25-13-3-4-14-25)21-22-23-24-26(21)15-29(27,28)19-11-7-17(2)8-12-19/h5-12,20H,3-4,13-15H2,1-2H3/p+1/t20-/m0/s1. The van der Waals surface area contributed by atoms with E-state index in [1.165, 1.54) is 15.1 Å². The van der Waals surface area contributed by atoms with Crippen molar-refractivity contribution >= 4 is 9.84 Å². The number of hydrogen-bond donors (Lipinski definition) is 1. The Morgan fingerprint density at radius 3 is 2.17 bits per heavy atom. The van der Waals surface area contributed by atoms with Gasteiger partial charge >= 0.3 is 0 Å². The highest BCUT2D eigenvalue weighted by atomic mass is 32.2. The van der Waals surface area contributed by atoms with Crippen LogP contribution in [0.4, 0.5) is 0 Å². The first kappa shape index (κ1) is 19.7. The van der Waals surface area contributed by atoms with Gasteiger partial charge in [-0.05, 0) is 36.4 Å². The Labute approximate surface area is 171 Å². The summed E-state index contributed by atoms with van der Waals surface area (Å²) in [7, 11) is -3.56. The summed E-state index contributed by atoms with van der Waals surface area (Å²) in [5, 5.41) is 12.1. The third kappa shape index (κ3) is 4.23. The van der Waals surface area contributed by atoms with Crippen LogP contribution >= 0.6 is 0 Å². The lowest BCUT2D eigenvalue weighted by Gasteiger charge is -2.24. The van der Waals surface area contributed by atoms with Gasteiger partial charge in [-0.2, -0.15) is 0 Å². The molecular weight excluding hydrogens is 386 g/mol. The lowest BCUT2D eigenvalue weighted by Crippen LogP contribution is -3.10. The first-order chi connectivity index (χ1) is 13.9. The van der Waals surface area contributed by atoms with E-state index in [1.807, 2.05) is 6.92 Å². The zero-order valence-corrected chi connectivity index (χ0v) is 17.6. The smallest absolute Gasteiger partial charge is 0.215 e. The summed E-state index contributed by atoms with van der Waals surface area (Å²) in [5.74, 6) is 0.329. The van der Waals surface area contributed by atoms with Crippen LogP contribution in [-0.4, -0.2) is 41.7 Å². The second-order valence-corrected chi connectivity index (χ2v) is 9.76. The molecule has 1 aliphatic heterocycles. The normalized spacial score (nSPS) is 16.2. The van der Waals surface area contributed by atoms with Crippen LogP contribution in [0.15, 0.2) is 53.4 Å². The molecule has 0 amide bonds. The summed E-state index contributed by atoms with van der Waals surface area (Å²) in [6.07, 6.45) is 2.31. The topological polar surface area (TPSA) is 82.2 Å². The molecule has 1 saturated heterocycles. The van der Waals surface area contributed by atoms with Crippen molar-refractivity contribution in [2.75, 3.05) is 13.1 Å². The molecule has 4 rings (SSSR count). The van der Waals surface area contributed by atoms with E-state index in [4.69, 9.17) is 0 Å². The Morgan fingerprint density at radius 1 is 0.966 bits per heavy atom.